The van der Waals surface area contributed by atoms with E-state index in [1.54, 1.807) is 0 Å². The van der Waals surface area contributed by atoms with Crippen LogP contribution in [0.4, 0.5) is 5.82 Å². The number of rotatable bonds is 2. The molecular formula is C11H15N5O. The summed E-state index contributed by atoms with van der Waals surface area (Å²) >= 11 is 0. The molecule has 0 spiro atoms. The van der Waals surface area contributed by atoms with E-state index >= 15 is 0 Å². The fourth-order valence-electron chi connectivity index (χ4n) is 2.45. The maximum absolute atomic E-state index is 11.4. The van der Waals surface area contributed by atoms with Crippen molar-refractivity contribution in [2.45, 2.75) is 38.6 Å². The molecule has 1 aliphatic carbocycles. The Hall–Kier alpha value is -1.85. The predicted molar refractivity (Wildman–Crippen MR) is 64.2 cm³/mol. The normalized spacial score (nSPS) is 16.8. The topological polar surface area (TPSA) is 75.1 Å². The first-order chi connectivity index (χ1) is 8.24. The minimum atomic E-state index is -0.239. The molecule has 0 aliphatic heterocycles. The van der Waals surface area contributed by atoms with Crippen molar-refractivity contribution in [2.24, 2.45) is 0 Å². The highest BCUT2D eigenvalue weighted by Crippen LogP contribution is 2.21. The Balaban J connectivity index is 1.97. The van der Waals surface area contributed by atoms with Crippen molar-refractivity contribution in [3.63, 3.8) is 0 Å². The number of fused-ring (bicyclic) bond motifs is 1. The van der Waals surface area contributed by atoms with E-state index in [4.69, 9.17) is 0 Å². The summed E-state index contributed by atoms with van der Waals surface area (Å²) in [6.45, 7) is 1.81. The SMILES string of the molecule is Cc1nc(NC2CCCC2)cc2n[nH]c(=O)n12. The summed E-state index contributed by atoms with van der Waals surface area (Å²) in [6.07, 6.45) is 4.94. The highest BCUT2D eigenvalue weighted by atomic mass is 16.1. The highest BCUT2D eigenvalue weighted by molar-refractivity contribution is 5.50. The number of hydrogen-bond donors (Lipinski definition) is 2. The Bertz CT molecular complexity index is 593. The van der Waals surface area contributed by atoms with Gasteiger partial charge in [0, 0.05) is 12.1 Å². The van der Waals surface area contributed by atoms with E-state index in [1.807, 2.05) is 13.0 Å². The second kappa shape index (κ2) is 3.87. The minimum absolute atomic E-state index is 0.239. The van der Waals surface area contributed by atoms with E-state index in [2.05, 4.69) is 20.5 Å². The van der Waals surface area contributed by atoms with Gasteiger partial charge in [0.25, 0.3) is 0 Å². The molecule has 6 nitrogen and oxygen atoms in total. The van der Waals surface area contributed by atoms with Gasteiger partial charge in [-0.2, -0.15) is 5.10 Å². The van der Waals surface area contributed by atoms with Crippen LogP contribution in [0.15, 0.2) is 10.9 Å². The van der Waals surface area contributed by atoms with Gasteiger partial charge in [-0.05, 0) is 19.8 Å². The van der Waals surface area contributed by atoms with Gasteiger partial charge in [-0.15, -0.1) is 0 Å². The number of aromatic amines is 1. The molecule has 0 radical (unpaired) electrons. The average Bonchev–Trinajstić information content (AvgIpc) is 2.89. The third kappa shape index (κ3) is 1.79. The van der Waals surface area contributed by atoms with Crippen molar-refractivity contribution in [1.82, 2.24) is 19.6 Å². The van der Waals surface area contributed by atoms with Gasteiger partial charge in [0.15, 0.2) is 5.65 Å². The smallest absolute Gasteiger partial charge is 0.349 e. The molecule has 90 valence electrons. The Labute approximate surface area is 98.1 Å². The number of hydrogen-bond acceptors (Lipinski definition) is 4. The van der Waals surface area contributed by atoms with Gasteiger partial charge in [-0.1, -0.05) is 12.8 Å². The summed E-state index contributed by atoms with van der Waals surface area (Å²) in [6, 6.07) is 2.32. The number of H-pyrrole nitrogens is 1. The Morgan fingerprint density at radius 2 is 2.24 bits per heavy atom. The lowest BCUT2D eigenvalue weighted by molar-refractivity contribution is 0.747. The largest absolute Gasteiger partial charge is 0.367 e. The summed E-state index contributed by atoms with van der Waals surface area (Å²) in [7, 11) is 0. The van der Waals surface area contributed by atoms with Crippen molar-refractivity contribution in [3.8, 4) is 0 Å². The van der Waals surface area contributed by atoms with Crippen LogP contribution in [0.5, 0.6) is 0 Å². The predicted octanol–water partition coefficient (Wildman–Crippen LogP) is 1.08. The summed E-state index contributed by atoms with van der Waals surface area (Å²) < 4.78 is 1.47. The minimum Gasteiger partial charge on any atom is -0.367 e. The van der Waals surface area contributed by atoms with Crippen molar-refractivity contribution in [2.75, 3.05) is 5.32 Å². The van der Waals surface area contributed by atoms with Gasteiger partial charge in [0.05, 0.1) is 0 Å². The molecule has 0 atom stereocenters. The Morgan fingerprint density at radius 1 is 1.47 bits per heavy atom. The molecule has 1 saturated carbocycles. The molecule has 17 heavy (non-hydrogen) atoms. The van der Waals surface area contributed by atoms with E-state index in [9.17, 15) is 4.79 Å². The van der Waals surface area contributed by atoms with E-state index in [0.29, 0.717) is 17.5 Å². The van der Waals surface area contributed by atoms with E-state index in [-0.39, 0.29) is 5.69 Å². The van der Waals surface area contributed by atoms with Gasteiger partial charge >= 0.3 is 5.69 Å². The summed E-state index contributed by atoms with van der Waals surface area (Å²) in [5, 5.41) is 9.79. The quantitative estimate of drug-likeness (QED) is 0.814. The fraction of sp³-hybridized carbons (Fsp3) is 0.545. The first-order valence-electron chi connectivity index (χ1n) is 5.95. The van der Waals surface area contributed by atoms with Gasteiger partial charge < -0.3 is 5.32 Å². The van der Waals surface area contributed by atoms with Crippen LogP contribution in [0.3, 0.4) is 0 Å². The number of nitrogens with zero attached hydrogens (tertiary/aromatic N) is 3. The molecule has 6 heteroatoms. The molecule has 0 saturated heterocycles. The zero-order chi connectivity index (χ0) is 11.8. The Kier molecular flexibility index (Phi) is 2.35. The van der Waals surface area contributed by atoms with Crippen molar-refractivity contribution in [3.05, 3.63) is 22.4 Å². The molecule has 1 aliphatic rings. The summed E-state index contributed by atoms with van der Waals surface area (Å²) in [5.74, 6) is 1.46. The summed E-state index contributed by atoms with van der Waals surface area (Å²) in [4.78, 5) is 15.8. The second-order valence-corrected chi connectivity index (χ2v) is 4.54. The first kappa shape index (κ1) is 10.3. The molecule has 0 amide bonds. The number of aromatic nitrogens is 4. The van der Waals surface area contributed by atoms with E-state index in [1.165, 1.54) is 30.1 Å². The molecule has 0 aromatic carbocycles. The van der Waals surface area contributed by atoms with Crippen molar-refractivity contribution in [1.29, 1.82) is 0 Å². The van der Waals surface area contributed by atoms with Crippen LogP contribution in [-0.2, 0) is 0 Å². The number of nitrogens with one attached hydrogen (secondary N) is 2. The van der Waals surface area contributed by atoms with Crippen LogP contribution in [0.1, 0.15) is 31.5 Å². The van der Waals surface area contributed by atoms with Gasteiger partial charge in [-0.25, -0.2) is 19.3 Å². The van der Waals surface area contributed by atoms with E-state index < -0.39 is 0 Å². The molecule has 1 fully saturated rings. The lowest BCUT2D eigenvalue weighted by Gasteiger charge is -2.12. The van der Waals surface area contributed by atoms with Crippen molar-refractivity contribution < 1.29 is 0 Å². The van der Waals surface area contributed by atoms with Crippen LogP contribution >= 0.6 is 0 Å². The Morgan fingerprint density at radius 3 is 3.00 bits per heavy atom. The summed E-state index contributed by atoms with van der Waals surface area (Å²) in [5.41, 5.74) is 0.375. The fourth-order valence-corrected chi connectivity index (χ4v) is 2.45. The molecule has 0 unspecified atom stereocenters. The maximum atomic E-state index is 11.4. The number of aryl methyl sites for hydroxylation is 1. The van der Waals surface area contributed by atoms with Crippen LogP contribution in [0.25, 0.3) is 5.65 Å². The first-order valence-corrected chi connectivity index (χ1v) is 5.95. The molecule has 2 N–H and O–H groups in total. The monoisotopic (exact) mass is 233 g/mol. The van der Waals surface area contributed by atoms with Crippen LogP contribution in [-0.4, -0.2) is 25.6 Å². The number of anilines is 1. The van der Waals surface area contributed by atoms with Gasteiger partial charge in [0.1, 0.15) is 11.6 Å². The standard InChI is InChI=1S/C11H15N5O/c1-7-12-9(13-8-4-2-3-5-8)6-10-14-15-11(17)16(7)10/h6,8,13H,2-5H2,1H3,(H,15,17). The molecule has 2 aromatic rings. The third-order valence-electron chi connectivity index (χ3n) is 3.28. The molecule has 2 aromatic heterocycles. The van der Waals surface area contributed by atoms with Crippen LogP contribution in [0.2, 0.25) is 0 Å². The maximum Gasteiger partial charge on any atom is 0.349 e. The van der Waals surface area contributed by atoms with E-state index in [0.717, 1.165) is 5.82 Å². The lowest BCUT2D eigenvalue weighted by atomic mass is 10.2. The molecule has 2 heterocycles. The molecule has 0 bridgehead atoms. The van der Waals surface area contributed by atoms with Gasteiger partial charge in [-0.3, -0.25) is 0 Å². The third-order valence-corrected chi connectivity index (χ3v) is 3.28. The molecule has 3 rings (SSSR count). The van der Waals surface area contributed by atoms with Crippen LogP contribution in [0, 0.1) is 6.92 Å². The van der Waals surface area contributed by atoms with Crippen molar-refractivity contribution >= 4 is 11.5 Å². The zero-order valence-corrected chi connectivity index (χ0v) is 9.73. The van der Waals surface area contributed by atoms with Crippen LogP contribution < -0.4 is 11.0 Å². The second-order valence-electron chi connectivity index (χ2n) is 4.54. The average molecular weight is 233 g/mol. The highest BCUT2D eigenvalue weighted by Gasteiger charge is 2.16. The molecular weight excluding hydrogens is 218 g/mol. The van der Waals surface area contributed by atoms with Gasteiger partial charge in [0.2, 0.25) is 0 Å². The zero-order valence-electron chi connectivity index (χ0n) is 9.73. The lowest BCUT2D eigenvalue weighted by Crippen LogP contribution is -2.18.